The summed E-state index contributed by atoms with van der Waals surface area (Å²) in [5.41, 5.74) is 0. The second-order valence-corrected chi connectivity index (χ2v) is 3.82. The quantitative estimate of drug-likeness (QED) is 0.802. The summed E-state index contributed by atoms with van der Waals surface area (Å²) in [4.78, 5) is 0. The average molecular weight is 195 g/mol. The summed E-state index contributed by atoms with van der Waals surface area (Å²) in [7, 11) is 0. The van der Waals surface area contributed by atoms with E-state index in [9.17, 15) is 0 Å². The van der Waals surface area contributed by atoms with Gasteiger partial charge in [-0.2, -0.15) is 0 Å². The molecule has 0 saturated carbocycles. The molecule has 0 amide bonds. The molecule has 1 aliphatic heterocycles. The van der Waals surface area contributed by atoms with E-state index < -0.39 is 0 Å². The van der Waals surface area contributed by atoms with Crippen LogP contribution in [0.25, 0.3) is 0 Å². The number of hydrogen-bond acceptors (Lipinski definition) is 3. The van der Waals surface area contributed by atoms with E-state index in [1.165, 1.54) is 6.42 Å². The van der Waals surface area contributed by atoms with Crippen molar-refractivity contribution in [3.63, 3.8) is 0 Å². The maximum absolute atomic E-state index is 5.41. The summed E-state index contributed by atoms with van der Waals surface area (Å²) >= 11 is 0. The van der Waals surface area contributed by atoms with Crippen molar-refractivity contribution in [1.29, 1.82) is 0 Å². The predicted octanol–water partition coefficient (Wildman–Crippen LogP) is 2.11. The largest absolute Gasteiger partial charge is 0.468 e. The molecule has 1 saturated heterocycles. The molecule has 2 rings (SSSR count). The van der Waals surface area contributed by atoms with Gasteiger partial charge in [0.1, 0.15) is 5.76 Å². The SMILES string of the molecule is C[C@@H](NC1CCCOC1)c1ccco1. The zero-order valence-corrected chi connectivity index (χ0v) is 8.53. The fourth-order valence-corrected chi connectivity index (χ4v) is 1.85. The molecule has 1 aromatic heterocycles. The van der Waals surface area contributed by atoms with Crippen molar-refractivity contribution in [3.8, 4) is 0 Å². The number of hydrogen-bond donors (Lipinski definition) is 1. The first-order valence-corrected chi connectivity index (χ1v) is 5.23. The van der Waals surface area contributed by atoms with Gasteiger partial charge in [-0.1, -0.05) is 0 Å². The molecule has 1 fully saturated rings. The van der Waals surface area contributed by atoms with Crippen molar-refractivity contribution in [2.45, 2.75) is 31.8 Å². The van der Waals surface area contributed by atoms with Gasteiger partial charge in [0.25, 0.3) is 0 Å². The van der Waals surface area contributed by atoms with Gasteiger partial charge in [0.2, 0.25) is 0 Å². The van der Waals surface area contributed by atoms with Crippen LogP contribution in [0.5, 0.6) is 0 Å². The topological polar surface area (TPSA) is 34.4 Å². The van der Waals surface area contributed by atoms with Gasteiger partial charge >= 0.3 is 0 Å². The highest BCUT2D eigenvalue weighted by Crippen LogP contribution is 2.15. The van der Waals surface area contributed by atoms with Gasteiger partial charge in [-0.05, 0) is 31.9 Å². The Bertz CT molecular complexity index is 252. The van der Waals surface area contributed by atoms with E-state index in [0.717, 1.165) is 25.4 Å². The monoisotopic (exact) mass is 195 g/mol. The maximum atomic E-state index is 5.41. The van der Waals surface area contributed by atoms with Crippen LogP contribution < -0.4 is 5.32 Å². The maximum Gasteiger partial charge on any atom is 0.120 e. The first-order valence-electron chi connectivity index (χ1n) is 5.23. The molecule has 1 unspecified atom stereocenters. The predicted molar refractivity (Wildman–Crippen MR) is 54.1 cm³/mol. The molecule has 3 heteroatoms. The molecule has 1 aromatic rings. The van der Waals surface area contributed by atoms with Crippen LogP contribution in [-0.4, -0.2) is 19.3 Å². The molecule has 14 heavy (non-hydrogen) atoms. The second kappa shape index (κ2) is 4.62. The fraction of sp³-hybridized carbons (Fsp3) is 0.636. The summed E-state index contributed by atoms with van der Waals surface area (Å²) in [6.45, 7) is 3.85. The van der Waals surface area contributed by atoms with Crippen molar-refractivity contribution in [1.82, 2.24) is 5.32 Å². The summed E-state index contributed by atoms with van der Waals surface area (Å²) in [5, 5.41) is 3.50. The van der Waals surface area contributed by atoms with Crippen molar-refractivity contribution in [2.24, 2.45) is 0 Å². The molecule has 1 N–H and O–H groups in total. The molecule has 2 heterocycles. The Labute approximate surface area is 84.4 Å². The van der Waals surface area contributed by atoms with Gasteiger partial charge in [0.05, 0.1) is 18.9 Å². The van der Waals surface area contributed by atoms with E-state index in [-0.39, 0.29) is 6.04 Å². The molecule has 3 nitrogen and oxygen atoms in total. The third kappa shape index (κ3) is 2.36. The number of nitrogens with one attached hydrogen (secondary N) is 1. The highest BCUT2D eigenvalue weighted by atomic mass is 16.5. The van der Waals surface area contributed by atoms with Crippen molar-refractivity contribution in [3.05, 3.63) is 24.2 Å². The normalized spacial score (nSPS) is 24.8. The van der Waals surface area contributed by atoms with Crippen LogP contribution >= 0.6 is 0 Å². The Morgan fingerprint density at radius 3 is 3.14 bits per heavy atom. The molecule has 78 valence electrons. The molecule has 0 bridgehead atoms. The van der Waals surface area contributed by atoms with E-state index in [1.54, 1.807) is 6.26 Å². The first-order chi connectivity index (χ1) is 6.86. The lowest BCUT2D eigenvalue weighted by Gasteiger charge is -2.25. The molecular weight excluding hydrogens is 178 g/mol. The van der Waals surface area contributed by atoms with Gasteiger partial charge in [0.15, 0.2) is 0 Å². The minimum absolute atomic E-state index is 0.275. The fourth-order valence-electron chi connectivity index (χ4n) is 1.85. The summed E-state index contributed by atoms with van der Waals surface area (Å²) in [6.07, 6.45) is 4.07. The number of furan rings is 1. The minimum atomic E-state index is 0.275. The van der Waals surface area contributed by atoms with Crippen molar-refractivity contribution in [2.75, 3.05) is 13.2 Å². The second-order valence-electron chi connectivity index (χ2n) is 3.82. The van der Waals surface area contributed by atoms with Crippen LogP contribution in [0, 0.1) is 0 Å². The zero-order valence-electron chi connectivity index (χ0n) is 8.53. The summed E-state index contributed by atoms with van der Waals surface area (Å²) in [6, 6.07) is 4.67. The smallest absolute Gasteiger partial charge is 0.120 e. The molecule has 0 radical (unpaired) electrons. The van der Waals surface area contributed by atoms with Gasteiger partial charge in [-0.15, -0.1) is 0 Å². The van der Waals surface area contributed by atoms with E-state index in [4.69, 9.17) is 9.15 Å². The number of ether oxygens (including phenoxy) is 1. The Balaban J connectivity index is 1.84. The summed E-state index contributed by atoms with van der Waals surface area (Å²) in [5.74, 6) is 0.996. The van der Waals surface area contributed by atoms with Gasteiger partial charge in [-0.25, -0.2) is 0 Å². The third-order valence-electron chi connectivity index (χ3n) is 2.62. The van der Waals surface area contributed by atoms with Crippen molar-refractivity contribution < 1.29 is 9.15 Å². The molecule has 0 aliphatic carbocycles. The van der Waals surface area contributed by atoms with Crippen LogP contribution in [0.15, 0.2) is 22.8 Å². The molecule has 0 spiro atoms. The Morgan fingerprint density at radius 1 is 1.57 bits per heavy atom. The van der Waals surface area contributed by atoms with E-state index in [0.29, 0.717) is 6.04 Å². The molecule has 1 aliphatic rings. The zero-order chi connectivity index (χ0) is 9.80. The van der Waals surface area contributed by atoms with Crippen LogP contribution in [0.4, 0.5) is 0 Å². The van der Waals surface area contributed by atoms with E-state index in [2.05, 4.69) is 12.2 Å². The Kier molecular flexibility index (Phi) is 3.22. The van der Waals surface area contributed by atoms with Gasteiger partial charge < -0.3 is 14.5 Å². The van der Waals surface area contributed by atoms with Crippen LogP contribution in [-0.2, 0) is 4.74 Å². The minimum Gasteiger partial charge on any atom is -0.468 e. The highest BCUT2D eigenvalue weighted by molar-refractivity contribution is 5.03. The van der Waals surface area contributed by atoms with Crippen molar-refractivity contribution >= 4 is 0 Å². The molecule has 0 aromatic carbocycles. The van der Waals surface area contributed by atoms with E-state index in [1.807, 2.05) is 12.1 Å². The Hall–Kier alpha value is -0.800. The molecular formula is C11H17NO2. The van der Waals surface area contributed by atoms with Crippen LogP contribution in [0.2, 0.25) is 0 Å². The number of rotatable bonds is 3. The lowest BCUT2D eigenvalue weighted by molar-refractivity contribution is 0.0661. The van der Waals surface area contributed by atoms with E-state index >= 15 is 0 Å². The Morgan fingerprint density at radius 2 is 2.50 bits per heavy atom. The van der Waals surface area contributed by atoms with Crippen LogP contribution in [0.1, 0.15) is 31.6 Å². The lowest BCUT2D eigenvalue weighted by atomic mass is 10.1. The third-order valence-corrected chi connectivity index (χ3v) is 2.62. The lowest BCUT2D eigenvalue weighted by Crippen LogP contribution is -2.38. The van der Waals surface area contributed by atoms with Gasteiger partial charge in [-0.3, -0.25) is 0 Å². The first kappa shape index (κ1) is 9.74. The highest BCUT2D eigenvalue weighted by Gasteiger charge is 2.17. The molecule has 2 atom stereocenters. The average Bonchev–Trinajstić information content (AvgIpc) is 2.72. The van der Waals surface area contributed by atoms with Crippen LogP contribution in [0.3, 0.4) is 0 Å². The van der Waals surface area contributed by atoms with Gasteiger partial charge in [0, 0.05) is 12.6 Å². The summed E-state index contributed by atoms with van der Waals surface area (Å²) < 4.78 is 10.7. The standard InChI is InChI=1S/C11H17NO2/c1-9(11-5-3-7-14-11)12-10-4-2-6-13-8-10/h3,5,7,9-10,12H,2,4,6,8H2,1H3/t9-,10?/m1/s1.